The molecule has 0 aliphatic carbocycles. The second-order valence-corrected chi connectivity index (χ2v) is 5.37. The molecule has 0 saturated heterocycles. The maximum Gasteiger partial charge on any atom is 0.378 e. The van der Waals surface area contributed by atoms with Crippen LogP contribution in [0, 0.1) is 0 Å². The van der Waals surface area contributed by atoms with Crippen molar-refractivity contribution in [2.75, 3.05) is 0 Å². The number of aliphatic carboxylic acids is 1. The second kappa shape index (κ2) is 7.72. The zero-order chi connectivity index (χ0) is 17.7. The van der Waals surface area contributed by atoms with Crippen molar-refractivity contribution < 1.29 is 19.8 Å². The number of ketones is 1. The van der Waals surface area contributed by atoms with E-state index in [4.69, 9.17) is 28.3 Å². The van der Waals surface area contributed by atoms with E-state index in [1.165, 1.54) is 48.5 Å². The van der Waals surface area contributed by atoms with Crippen molar-refractivity contribution in [1.29, 1.82) is 0 Å². The topological polar surface area (TPSA) is 102 Å². The summed E-state index contributed by atoms with van der Waals surface area (Å²) in [6, 6.07) is 11.7. The number of nitrogens with zero attached hydrogens (tertiary/aromatic N) is 2. The largest absolute Gasteiger partial charge is 0.870 e. The van der Waals surface area contributed by atoms with Gasteiger partial charge in [-0.25, -0.2) is 4.79 Å². The van der Waals surface area contributed by atoms with E-state index >= 15 is 0 Å². The number of azo groups is 1. The molecule has 0 aliphatic rings. The summed E-state index contributed by atoms with van der Waals surface area (Å²) in [5.41, 5.74) is -0.433. The van der Waals surface area contributed by atoms with Crippen molar-refractivity contribution >= 4 is 46.4 Å². The minimum atomic E-state index is -1.80. The summed E-state index contributed by atoms with van der Waals surface area (Å²) in [6.45, 7) is 0. The van der Waals surface area contributed by atoms with Crippen LogP contribution in [0.3, 0.4) is 0 Å². The number of carbonyl (C=O) groups is 2. The van der Waals surface area contributed by atoms with E-state index in [1.54, 1.807) is 0 Å². The average Bonchev–Trinajstić information content (AvgIpc) is 2.56. The van der Waals surface area contributed by atoms with Crippen molar-refractivity contribution in [3.05, 3.63) is 69.8 Å². The third-order valence-electron chi connectivity index (χ3n) is 2.82. The predicted octanol–water partition coefficient (Wildman–Crippen LogP) is 3.46. The van der Waals surface area contributed by atoms with E-state index in [2.05, 4.69) is 10.2 Å². The summed E-state index contributed by atoms with van der Waals surface area (Å²) in [4.78, 5) is 22.7. The Kier molecular flexibility index (Phi) is 5.68. The number of rotatable bonds is 5. The molecule has 24 heavy (non-hydrogen) atoms. The number of benzene rings is 2. The first kappa shape index (κ1) is 17.7. The van der Waals surface area contributed by atoms with Crippen LogP contribution in [-0.4, -0.2) is 16.9 Å². The van der Waals surface area contributed by atoms with Crippen LogP contribution in [0.15, 0.2) is 64.5 Å². The molecule has 0 spiro atoms. The summed E-state index contributed by atoms with van der Waals surface area (Å²) in [5, 5.41) is 29.3. The molecule has 1 N–H and O–H groups in total. The Morgan fingerprint density at radius 3 is 1.92 bits per heavy atom. The minimum absolute atomic E-state index is 0.0686. The summed E-state index contributed by atoms with van der Waals surface area (Å²) in [5.74, 6) is -4.12. The molecule has 0 aromatic heterocycles. The lowest BCUT2D eigenvalue weighted by molar-refractivity contribution is -0.245. The highest BCUT2D eigenvalue weighted by atomic mass is 35.5. The molecule has 0 radical (unpaired) electrons. The number of Topliss-reactive ketones (excluding diaryl/α,β-unsaturated/α-hetero) is 1. The van der Waals surface area contributed by atoms with Crippen molar-refractivity contribution in [3.8, 4) is 0 Å². The first-order valence-corrected chi connectivity index (χ1v) is 7.26. The molecular weight excluding hydrogens is 355 g/mol. The third-order valence-corrected chi connectivity index (χ3v) is 3.33. The fourth-order valence-electron chi connectivity index (χ4n) is 1.65. The number of hydrogen-bond donors (Lipinski definition) is 1. The van der Waals surface area contributed by atoms with Gasteiger partial charge in [0.15, 0.2) is 0 Å². The highest BCUT2D eigenvalue weighted by molar-refractivity contribution is 6.40. The SMILES string of the molecule is O=C(O)C(=O)/C(N=Nc1ccc(Cl)cc1)=C(/[O-])c1ccc(Cl)cc1. The van der Waals surface area contributed by atoms with E-state index in [1.807, 2.05) is 0 Å². The molecular formula is C16H9Cl2N2O4-. The molecule has 2 rings (SSSR count). The van der Waals surface area contributed by atoms with Gasteiger partial charge < -0.3 is 10.2 Å². The molecule has 0 atom stereocenters. The van der Waals surface area contributed by atoms with Crippen LogP contribution in [0.4, 0.5) is 5.69 Å². The van der Waals surface area contributed by atoms with Crippen LogP contribution < -0.4 is 5.11 Å². The molecule has 0 saturated carbocycles. The van der Waals surface area contributed by atoms with Gasteiger partial charge in [-0.1, -0.05) is 41.1 Å². The second-order valence-electron chi connectivity index (χ2n) is 4.50. The monoisotopic (exact) mass is 363 g/mol. The quantitative estimate of drug-likeness (QED) is 0.380. The normalized spacial score (nSPS) is 12.1. The number of hydrogen-bond acceptors (Lipinski definition) is 5. The predicted molar refractivity (Wildman–Crippen MR) is 87.0 cm³/mol. The average molecular weight is 364 g/mol. The van der Waals surface area contributed by atoms with Crippen LogP contribution in [0.2, 0.25) is 10.0 Å². The summed E-state index contributed by atoms with van der Waals surface area (Å²) in [7, 11) is 0. The van der Waals surface area contributed by atoms with Crippen LogP contribution in [0.25, 0.3) is 5.76 Å². The lowest BCUT2D eigenvalue weighted by atomic mass is 10.1. The van der Waals surface area contributed by atoms with E-state index in [0.717, 1.165) is 0 Å². The van der Waals surface area contributed by atoms with Gasteiger partial charge in [0.2, 0.25) is 0 Å². The van der Waals surface area contributed by atoms with Crippen LogP contribution >= 0.6 is 23.2 Å². The Bertz CT molecular complexity index is 828. The van der Waals surface area contributed by atoms with Gasteiger partial charge in [-0.05, 0) is 42.0 Å². The van der Waals surface area contributed by atoms with Crippen LogP contribution in [-0.2, 0) is 9.59 Å². The Balaban J connectivity index is 2.46. The number of halogens is 2. The fraction of sp³-hybridized carbons (Fsp3) is 0. The molecule has 2 aromatic carbocycles. The van der Waals surface area contributed by atoms with Gasteiger partial charge in [0.05, 0.1) is 5.69 Å². The molecule has 0 aliphatic heterocycles. The van der Waals surface area contributed by atoms with Gasteiger partial charge in [-0.2, -0.15) is 5.11 Å². The highest BCUT2D eigenvalue weighted by Crippen LogP contribution is 2.21. The summed E-state index contributed by atoms with van der Waals surface area (Å²) >= 11 is 11.5. The smallest absolute Gasteiger partial charge is 0.378 e. The van der Waals surface area contributed by atoms with Gasteiger partial charge in [-0.15, -0.1) is 5.11 Å². The van der Waals surface area contributed by atoms with E-state index in [-0.39, 0.29) is 5.56 Å². The number of carboxylic acid groups (broad SMARTS) is 1. The molecule has 0 bridgehead atoms. The lowest BCUT2D eigenvalue weighted by Gasteiger charge is -2.14. The minimum Gasteiger partial charge on any atom is -0.870 e. The summed E-state index contributed by atoms with van der Waals surface area (Å²) < 4.78 is 0. The first-order chi connectivity index (χ1) is 11.4. The maximum atomic E-state index is 12.3. The van der Waals surface area contributed by atoms with Crippen molar-refractivity contribution in [2.45, 2.75) is 0 Å². The van der Waals surface area contributed by atoms with Crippen LogP contribution in [0.1, 0.15) is 5.56 Å². The first-order valence-electron chi connectivity index (χ1n) is 6.50. The van der Waals surface area contributed by atoms with Crippen molar-refractivity contribution in [3.63, 3.8) is 0 Å². The Morgan fingerprint density at radius 1 is 0.917 bits per heavy atom. The lowest BCUT2D eigenvalue weighted by Crippen LogP contribution is -2.19. The molecule has 0 amide bonds. The Morgan fingerprint density at radius 2 is 1.42 bits per heavy atom. The molecule has 122 valence electrons. The van der Waals surface area contributed by atoms with Gasteiger partial charge in [0.1, 0.15) is 5.70 Å². The highest BCUT2D eigenvalue weighted by Gasteiger charge is 2.19. The number of carboxylic acids is 1. The zero-order valence-electron chi connectivity index (χ0n) is 11.9. The van der Waals surface area contributed by atoms with E-state index in [0.29, 0.717) is 15.7 Å². The Labute approximate surface area is 146 Å². The van der Waals surface area contributed by atoms with Crippen LogP contribution in [0.5, 0.6) is 0 Å². The van der Waals surface area contributed by atoms with E-state index in [9.17, 15) is 14.7 Å². The van der Waals surface area contributed by atoms with Crippen molar-refractivity contribution in [2.24, 2.45) is 10.2 Å². The maximum absolute atomic E-state index is 12.3. The van der Waals surface area contributed by atoms with Gasteiger partial charge >= 0.3 is 5.97 Å². The molecule has 0 heterocycles. The van der Waals surface area contributed by atoms with Gasteiger partial charge in [0, 0.05) is 10.0 Å². The standard InChI is InChI=1S/C16H10Cl2N2O4/c17-10-3-1-9(2-4-10)14(21)13(15(22)16(23)24)20-19-12-7-5-11(18)6-8-12/h1-8,21H,(H,23,24)/p-1/b14-13-,20-19?. The molecule has 0 unspecified atom stereocenters. The molecule has 0 fully saturated rings. The zero-order valence-corrected chi connectivity index (χ0v) is 13.5. The molecule has 6 nitrogen and oxygen atoms in total. The molecule has 2 aromatic rings. The Hall–Kier alpha value is -2.70. The number of carbonyl (C=O) groups excluding carboxylic acids is 1. The van der Waals surface area contributed by atoms with E-state index < -0.39 is 23.2 Å². The van der Waals surface area contributed by atoms with Gasteiger partial charge in [-0.3, -0.25) is 4.79 Å². The molecule has 8 heteroatoms. The van der Waals surface area contributed by atoms with Gasteiger partial charge in [0.25, 0.3) is 5.78 Å². The third kappa shape index (κ3) is 4.41. The van der Waals surface area contributed by atoms with Crippen molar-refractivity contribution in [1.82, 2.24) is 0 Å². The summed E-state index contributed by atoms with van der Waals surface area (Å²) in [6.07, 6.45) is 0. The fourth-order valence-corrected chi connectivity index (χ4v) is 1.90.